The summed E-state index contributed by atoms with van der Waals surface area (Å²) in [7, 11) is 1.62. The Labute approximate surface area is 103 Å². The van der Waals surface area contributed by atoms with Crippen molar-refractivity contribution in [2.75, 3.05) is 25.2 Å². The molecule has 4 nitrogen and oxygen atoms in total. The zero-order chi connectivity index (χ0) is 12.9. The van der Waals surface area contributed by atoms with Gasteiger partial charge in [-0.15, -0.1) is 0 Å². The Morgan fingerprint density at radius 2 is 2.12 bits per heavy atom. The highest BCUT2D eigenvalue weighted by Gasteiger charge is 2.28. The van der Waals surface area contributed by atoms with Crippen molar-refractivity contribution in [2.24, 2.45) is 5.41 Å². The maximum Gasteiger partial charge on any atom is 0.233 e. The van der Waals surface area contributed by atoms with Crippen molar-refractivity contribution in [1.82, 2.24) is 4.98 Å². The second-order valence-corrected chi connectivity index (χ2v) is 4.89. The quantitative estimate of drug-likeness (QED) is 0.804. The van der Waals surface area contributed by atoms with Gasteiger partial charge in [-0.05, 0) is 12.1 Å². The Balaban J connectivity index is 2.92. The van der Waals surface area contributed by atoms with Crippen molar-refractivity contribution >= 4 is 11.7 Å². The van der Waals surface area contributed by atoms with Gasteiger partial charge in [-0.1, -0.05) is 26.8 Å². The third-order valence-electron chi connectivity index (χ3n) is 2.33. The zero-order valence-corrected chi connectivity index (χ0v) is 10.9. The number of methoxy groups -OCH3 is 1. The molecule has 0 aliphatic carbocycles. The molecule has 0 N–H and O–H groups in total. The standard InChI is InChI=1S/C13H20N2O2/c1-13(2,3)12(16)15(9-10-17-4)11-7-5-6-8-14-11/h5-8H,9-10H2,1-4H3. The Morgan fingerprint density at radius 3 is 2.59 bits per heavy atom. The fourth-order valence-electron chi connectivity index (χ4n) is 1.42. The number of anilines is 1. The summed E-state index contributed by atoms with van der Waals surface area (Å²) in [6.07, 6.45) is 1.69. The summed E-state index contributed by atoms with van der Waals surface area (Å²) in [6.45, 7) is 6.72. The molecule has 0 aliphatic heterocycles. The van der Waals surface area contributed by atoms with Crippen molar-refractivity contribution < 1.29 is 9.53 Å². The van der Waals surface area contributed by atoms with Crippen molar-refractivity contribution in [3.05, 3.63) is 24.4 Å². The van der Waals surface area contributed by atoms with Gasteiger partial charge in [0.25, 0.3) is 0 Å². The number of hydrogen-bond acceptors (Lipinski definition) is 3. The number of ether oxygens (including phenoxy) is 1. The molecule has 4 heteroatoms. The topological polar surface area (TPSA) is 42.4 Å². The number of amides is 1. The normalized spacial score (nSPS) is 11.3. The first-order valence-electron chi connectivity index (χ1n) is 5.68. The minimum Gasteiger partial charge on any atom is -0.383 e. The molecule has 0 fully saturated rings. The third kappa shape index (κ3) is 3.82. The predicted molar refractivity (Wildman–Crippen MR) is 67.9 cm³/mol. The van der Waals surface area contributed by atoms with Crippen molar-refractivity contribution in [3.8, 4) is 0 Å². The molecule has 0 saturated heterocycles. The lowest BCUT2D eigenvalue weighted by atomic mass is 9.94. The number of carbonyl (C=O) groups excluding carboxylic acids is 1. The van der Waals surface area contributed by atoms with Gasteiger partial charge in [0.15, 0.2) is 0 Å². The molecule has 1 heterocycles. The van der Waals surface area contributed by atoms with Crippen molar-refractivity contribution in [1.29, 1.82) is 0 Å². The average Bonchev–Trinajstić information content (AvgIpc) is 2.29. The summed E-state index contributed by atoms with van der Waals surface area (Å²) in [5, 5.41) is 0. The second-order valence-electron chi connectivity index (χ2n) is 4.89. The van der Waals surface area contributed by atoms with Crippen molar-refractivity contribution in [2.45, 2.75) is 20.8 Å². The van der Waals surface area contributed by atoms with E-state index in [1.54, 1.807) is 18.2 Å². The molecule has 1 amide bonds. The van der Waals surface area contributed by atoms with Gasteiger partial charge in [0.2, 0.25) is 5.91 Å². The van der Waals surface area contributed by atoms with Crippen LogP contribution >= 0.6 is 0 Å². The summed E-state index contributed by atoms with van der Waals surface area (Å²) < 4.78 is 5.03. The first-order chi connectivity index (χ1) is 7.96. The van der Waals surface area contributed by atoms with Crippen LogP contribution in [-0.2, 0) is 9.53 Å². The van der Waals surface area contributed by atoms with Crippen LogP contribution in [0.15, 0.2) is 24.4 Å². The van der Waals surface area contributed by atoms with Crippen LogP contribution in [0.2, 0.25) is 0 Å². The van der Waals surface area contributed by atoms with Crippen LogP contribution in [0.5, 0.6) is 0 Å². The lowest BCUT2D eigenvalue weighted by molar-refractivity contribution is -0.126. The molecular formula is C13H20N2O2. The van der Waals surface area contributed by atoms with E-state index < -0.39 is 5.41 Å². The van der Waals surface area contributed by atoms with Gasteiger partial charge >= 0.3 is 0 Å². The molecule has 0 saturated carbocycles. The van der Waals surface area contributed by atoms with E-state index in [1.807, 2.05) is 39.0 Å². The summed E-state index contributed by atoms with van der Waals surface area (Å²) in [4.78, 5) is 18.2. The molecule has 17 heavy (non-hydrogen) atoms. The number of nitrogens with zero attached hydrogens (tertiary/aromatic N) is 2. The SMILES string of the molecule is COCCN(C(=O)C(C)(C)C)c1ccccn1. The fourth-order valence-corrected chi connectivity index (χ4v) is 1.42. The van der Waals surface area contributed by atoms with E-state index in [1.165, 1.54) is 0 Å². The predicted octanol–water partition coefficient (Wildman–Crippen LogP) is 2.11. The smallest absolute Gasteiger partial charge is 0.233 e. The van der Waals surface area contributed by atoms with Crippen LogP contribution in [0.4, 0.5) is 5.82 Å². The molecule has 0 aromatic carbocycles. The fraction of sp³-hybridized carbons (Fsp3) is 0.538. The second kappa shape index (κ2) is 5.77. The number of pyridine rings is 1. The number of rotatable bonds is 4. The Kier molecular flexibility index (Phi) is 4.63. The van der Waals surface area contributed by atoms with Crippen molar-refractivity contribution in [3.63, 3.8) is 0 Å². The third-order valence-corrected chi connectivity index (χ3v) is 2.33. The number of carbonyl (C=O) groups is 1. The van der Waals surface area contributed by atoms with Gasteiger partial charge in [0, 0.05) is 18.7 Å². The lowest BCUT2D eigenvalue weighted by Gasteiger charge is -2.28. The summed E-state index contributed by atoms with van der Waals surface area (Å²) in [5.74, 6) is 0.720. The van der Waals surface area contributed by atoms with Crippen LogP contribution in [0, 0.1) is 5.41 Å². The molecule has 1 aromatic rings. The van der Waals surface area contributed by atoms with E-state index in [0.717, 1.165) is 0 Å². The van der Waals surface area contributed by atoms with Gasteiger partial charge in [-0.25, -0.2) is 4.98 Å². The van der Waals surface area contributed by atoms with E-state index in [2.05, 4.69) is 4.98 Å². The minimum absolute atomic E-state index is 0.0493. The van der Waals surface area contributed by atoms with E-state index in [9.17, 15) is 4.79 Å². The maximum absolute atomic E-state index is 12.3. The Bertz CT molecular complexity index is 357. The van der Waals surface area contributed by atoms with E-state index in [4.69, 9.17) is 4.74 Å². The molecule has 0 atom stereocenters. The summed E-state index contributed by atoms with van der Waals surface area (Å²) in [5.41, 5.74) is -0.425. The monoisotopic (exact) mass is 236 g/mol. The minimum atomic E-state index is -0.425. The molecule has 0 spiro atoms. The first kappa shape index (κ1) is 13.6. The highest BCUT2D eigenvalue weighted by molar-refractivity contribution is 5.96. The molecule has 0 aliphatic rings. The van der Waals surface area contributed by atoms with Crippen LogP contribution in [-0.4, -0.2) is 31.2 Å². The van der Waals surface area contributed by atoms with Crippen LogP contribution in [0.25, 0.3) is 0 Å². The molecule has 0 bridgehead atoms. The lowest BCUT2D eigenvalue weighted by Crippen LogP contribution is -2.41. The van der Waals surface area contributed by atoms with Gasteiger partial charge in [0.1, 0.15) is 5.82 Å². The van der Waals surface area contributed by atoms with Crippen LogP contribution < -0.4 is 4.90 Å². The first-order valence-corrected chi connectivity index (χ1v) is 5.68. The van der Waals surface area contributed by atoms with Gasteiger partial charge in [-0.2, -0.15) is 0 Å². The zero-order valence-electron chi connectivity index (χ0n) is 10.9. The highest BCUT2D eigenvalue weighted by atomic mass is 16.5. The molecule has 94 valence electrons. The Hall–Kier alpha value is -1.42. The largest absolute Gasteiger partial charge is 0.383 e. The summed E-state index contributed by atoms with van der Waals surface area (Å²) in [6, 6.07) is 5.54. The molecule has 0 unspecified atom stereocenters. The van der Waals surface area contributed by atoms with E-state index in [0.29, 0.717) is 19.0 Å². The van der Waals surface area contributed by atoms with E-state index in [-0.39, 0.29) is 5.91 Å². The molecular weight excluding hydrogens is 216 g/mol. The van der Waals surface area contributed by atoms with E-state index >= 15 is 0 Å². The molecule has 0 radical (unpaired) electrons. The Morgan fingerprint density at radius 1 is 1.41 bits per heavy atom. The maximum atomic E-state index is 12.3. The molecule has 1 rings (SSSR count). The van der Waals surface area contributed by atoms with Crippen LogP contribution in [0.3, 0.4) is 0 Å². The number of aromatic nitrogens is 1. The van der Waals surface area contributed by atoms with Gasteiger partial charge in [0.05, 0.1) is 13.2 Å². The highest BCUT2D eigenvalue weighted by Crippen LogP contribution is 2.21. The number of hydrogen-bond donors (Lipinski definition) is 0. The van der Waals surface area contributed by atoms with Gasteiger partial charge < -0.3 is 4.74 Å². The van der Waals surface area contributed by atoms with Crippen LogP contribution in [0.1, 0.15) is 20.8 Å². The summed E-state index contributed by atoms with van der Waals surface area (Å²) >= 11 is 0. The molecule has 1 aromatic heterocycles. The average molecular weight is 236 g/mol. The van der Waals surface area contributed by atoms with Gasteiger partial charge in [-0.3, -0.25) is 9.69 Å².